The molecule has 0 radical (unpaired) electrons. The number of anilines is 1. The van der Waals surface area contributed by atoms with Crippen LogP contribution in [-0.2, 0) is 0 Å². The highest BCUT2D eigenvalue weighted by molar-refractivity contribution is 9.10. The summed E-state index contributed by atoms with van der Waals surface area (Å²) in [6.07, 6.45) is 1.47. The van der Waals surface area contributed by atoms with Gasteiger partial charge in [-0.2, -0.15) is 4.98 Å². The molecule has 0 bridgehead atoms. The fourth-order valence-corrected chi connectivity index (χ4v) is 1.32. The Morgan fingerprint density at radius 3 is 2.88 bits per heavy atom. The van der Waals surface area contributed by atoms with Crippen molar-refractivity contribution >= 4 is 27.8 Å². The number of aryl methyl sites for hydroxylation is 1. The lowest BCUT2D eigenvalue weighted by Crippen LogP contribution is -2.13. The molecule has 2 aromatic rings. The SMILES string of the molecule is Cc1nc(NC(=O)c2ccc(Br)nc2)n[nH]1. The van der Waals surface area contributed by atoms with Gasteiger partial charge in [0.05, 0.1) is 5.56 Å². The third-order valence-electron chi connectivity index (χ3n) is 1.81. The zero-order valence-corrected chi connectivity index (χ0v) is 9.95. The fourth-order valence-electron chi connectivity index (χ4n) is 1.08. The fraction of sp³-hybridized carbons (Fsp3) is 0.111. The van der Waals surface area contributed by atoms with Crippen molar-refractivity contribution in [2.45, 2.75) is 6.92 Å². The molecule has 2 aromatic heterocycles. The van der Waals surface area contributed by atoms with Crippen molar-refractivity contribution in [3.8, 4) is 0 Å². The van der Waals surface area contributed by atoms with Gasteiger partial charge in [-0.15, -0.1) is 5.10 Å². The number of amides is 1. The predicted molar refractivity (Wildman–Crippen MR) is 61.0 cm³/mol. The third kappa shape index (κ3) is 2.43. The van der Waals surface area contributed by atoms with Crippen LogP contribution in [0.2, 0.25) is 0 Å². The molecule has 0 aliphatic rings. The molecule has 16 heavy (non-hydrogen) atoms. The first-order valence-corrected chi connectivity index (χ1v) is 5.26. The lowest BCUT2D eigenvalue weighted by Gasteiger charge is -1.99. The maximum Gasteiger partial charge on any atom is 0.259 e. The number of hydrogen-bond donors (Lipinski definition) is 2. The van der Waals surface area contributed by atoms with Gasteiger partial charge in [-0.25, -0.2) is 4.98 Å². The average Bonchev–Trinajstić information content (AvgIpc) is 2.65. The number of pyridine rings is 1. The first-order valence-electron chi connectivity index (χ1n) is 4.47. The second-order valence-electron chi connectivity index (χ2n) is 3.07. The molecule has 2 rings (SSSR count). The number of hydrogen-bond acceptors (Lipinski definition) is 4. The molecule has 0 aliphatic carbocycles. The molecule has 0 atom stereocenters. The highest BCUT2D eigenvalue weighted by Crippen LogP contribution is 2.08. The minimum Gasteiger partial charge on any atom is -0.289 e. The van der Waals surface area contributed by atoms with E-state index in [-0.39, 0.29) is 11.9 Å². The molecule has 0 unspecified atom stereocenters. The van der Waals surface area contributed by atoms with E-state index in [4.69, 9.17) is 0 Å². The normalized spacial score (nSPS) is 10.1. The van der Waals surface area contributed by atoms with Gasteiger partial charge in [-0.3, -0.25) is 15.2 Å². The lowest BCUT2D eigenvalue weighted by molar-refractivity contribution is 0.102. The molecular formula is C9H8BrN5O. The van der Waals surface area contributed by atoms with Gasteiger partial charge >= 0.3 is 0 Å². The van der Waals surface area contributed by atoms with Gasteiger partial charge in [0.2, 0.25) is 5.95 Å². The minimum atomic E-state index is -0.293. The zero-order valence-electron chi connectivity index (χ0n) is 8.36. The number of carbonyl (C=O) groups is 1. The van der Waals surface area contributed by atoms with Gasteiger partial charge in [0.15, 0.2) is 0 Å². The van der Waals surface area contributed by atoms with Gasteiger partial charge in [0.1, 0.15) is 10.4 Å². The van der Waals surface area contributed by atoms with E-state index in [1.807, 2.05) is 0 Å². The summed E-state index contributed by atoms with van der Waals surface area (Å²) in [6, 6.07) is 3.35. The molecule has 2 N–H and O–H groups in total. The molecule has 2 heterocycles. The summed E-state index contributed by atoms with van der Waals surface area (Å²) in [5, 5.41) is 8.99. The molecule has 7 heteroatoms. The van der Waals surface area contributed by atoms with Crippen molar-refractivity contribution in [1.29, 1.82) is 0 Å². The highest BCUT2D eigenvalue weighted by atomic mass is 79.9. The molecule has 0 saturated carbocycles. The standard InChI is InChI=1S/C9H8BrN5O/c1-5-12-9(15-14-5)13-8(16)6-2-3-7(10)11-4-6/h2-4H,1H3,(H2,12,13,14,15,16). The zero-order chi connectivity index (χ0) is 11.5. The van der Waals surface area contributed by atoms with Crippen molar-refractivity contribution in [2.75, 3.05) is 5.32 Å². The number of nitrogens with zero attached hydrogens (tertiary/aromatic N) is 3. The highest BCUT2D eigenvalue weighted by Gasteiger charge is 2.08. The van der Waals surface area contributed by atoms with Gasteiger partial charge in [0, 0.05) is 6.20 Å². The Labute approximate surface area is 99.6 Å². The number of carbonyl (C=O) groups excluding carboxylic acids is 1. The van der Waals surface area contributed by atoms with E-state index >= 15 is 0 Å². The summed E-state index contributed by atoms with van der Waals surface area (Å²) in [7, 11) is 0. The number of aromatic amines is 1. The molecule has 0 aromatic carbocycles. The molecular weight excluding hydrogens is 274 g/mol. The van der Waals surface area contributed by atoms with Crippen LogP contribution in [0, 0.1) is 6.92 Å². The molecule has 0 spiro atoms. The topological polar surface area (TPSA) is 83.6 Å². The monoisotopic (exact) mass is 281 g/mol. The predicted octanol–water partition coefficient (Wildman–Crippen LogP) is 1.52. The van der Waals surface area contributed by atoms with Crippen molar-refractivity contribution < 1.29 is 4.79 Å². The second kappa shape index (κ2) is 4.40. The minimum absolute atomic E-state index is 0.255. The Kier molecular flexibility index (Phi) is 2.95. The summed E-state index contributed by atoms with van der Waals surface area (Å²) in [6.45, 7) is 1.75. The van der Waals surface area contributed by atoms with Crippen LogP contribution in [0.1, 0.15) is 16.2 Å². The first-order chi connectivity index (χ1) is 7.65. The van der Waals surface area contributed by atoms with Gasteiger partial charge in [0.25, 0.3) is 5.91 Å². The van der Waals surface area contributed by atoms with Crippen molar-refractivity contribution in [2.24, 2.45) is 0 Å². The van der Waals surface area contributed by atoms with Crippen LogP contribution in [0.3, 0.4) is 0 Å². The van der Waals surface area contributed by atoms with E-state index in [2.05, 4.69) is 41.4 Å². The van der Waals surface area contributed by atoms with Crippen LogP contribution in [0.5, 0.6) is 0 Å². The number of H-pyrrole nitrogens is 1. The Balaban J connectivity index is 2.11. The quantitative estimate of drug-likeness (QED) is 0.818. The molecule has 0 aliphatic heterocycles. The first kappa shape index (κ1) is 10.7. The van der Waals surface area contributed by atoms with Gasteiger partial charge in [-0.05, 0) is 35.0 Å². The van der Waals surface area contributed by atoms with Crippen LogP contribution < -0.4 is 5.32 Å². The van der Waals surface area contributed by atoms with Crippen molar-refractivity contribution in [1.82, 2.24) is 20.2 Å². The molecule has 82 valence electrons. The van der Waals surface area contributed by atoms with Crippen molar-refractivity contribution in [3.63, 3.8) is 0 Å². The summed E-state index contributed by atoms with van der Waals surface area (Å²) < 4.78 is 0.679. The number of halogens is 1. The number of rotatable bonds is 2. The van der Waals surface area contributed by atoms with E-state index in [0.29, 0.717) is 16.0 Å². The summed E-state index contributed by atoms with van der Waals surface area (Å²) >= 11 is 3.19. The summed E-state index contributed by atoms with van der Waals surface area (Å²) in [5.74, 6) is 0.605. The van der Waals surface area contributed by atoms with E-state index in [0.717, 1.165) is 0 Å². The Morgan fingerprint density at radius 2 is 2.31 bits per heavy atom. The van der Waals surface area contributed by atoms with Crippen LogP contribution >= 0.6 is 15.9 Å². The van der Waals surface area contributed by atoms with Gasteiger partial charge in [-0.1, -0.05) is 0 Å². The maximum absolute atomic E-state index is 11.7. The molecule has 1 amide bonds. The van der Waals surface area contributed by atoms with Crippen LogP contribution in [-0.4, -0.2) is 26.1 Å². The summed E-state index contributed by atoms with van der Waals surface area (Å²) in [4.78, 5) is 19.6. The number of aromatic nitrogens is 4. The Hall–Kier alpha value is -1.76. The summed E-state index contributed by atoms with van der Waals surface area (Å²) in [5.41, 5.74) is 0.450. The Bertz CT molecular complexity index is 507. The largest absolute Gasteiger partial charge is 0.289 e. The smallest absolute Gasteiger partial charge is 0.259 e. The molecule has 0 saturated heterocycles. The Morgan fingerprint density at radius 1 is 1.50 bits per heavy atom. The molecule has 6 nitrogen and oxygen atoms in total. The van der Waals surface area contributed by atoms with E-state index in [9.17, 15) is 4.79 Å². The van der Waals surface area contributed by atoms with Crippen molar-refractivity contribution in [3.05, 3.63) is 34.3 Å². The van der Waals surface area contributed by atoms with E-state index in [1.54, 1.807) is 19.1 Å². The lowest BCUT2D eigenvalue weighted by atomic mass is 10.3. The van der Waals surface area contributed by atoms with Crippen LogP contribution in [0.25, 0.3) is 0 Å². The van der Waals surface area contributed by atoms with Crippen LogP contribution in [0.15, 0.2) is 22.9 Å². The maximum atomic E-state index is 11.7. The van der Waals surface area contributed by atoms with E-state index in [1.165, 1.54) is 6.20 Å². The van der Waals surface area contributed by atoms with Gasteiger partial charge < -0.3 is 0 Å². The average molecular weight is 282 g/mol. The van der Waals surface area contributed by atoms with E-state index < -0.39 is 0 Å². The third-order valence-corrected chi connectivity index (χ3v) is 2.28. The number of nitrogens with one attached hydrogen (secondary N) is 2. The van der Waals surface area contributed by atoms with Crippen LogP contribution in [0.4, 0.5) is 5.95 Å². The molecule has 0 fully saturated rings. The second-order valence-corrected chi connectivity index (χ2v) is 3.88.